The fraction of sp³-hybridized carbons (Fsp3) is 0.533. The average Bonchev–Trinajstić information content (AvgIpc) is 2.52. The number of nitrogens with zero attached hydrogens (tertiary/aromatic N) is 2. The molecule has 6 heteroatoms. The molecule has 1 aliphatic rings. The van der Waals surface area contributed by atoms with E-state index in [1.807, 2.05) is 35.4 Å². The standard InChI is InChI=1S/C15H22ClN3OS/c1-21-11-6-13(17)15(20)19-9-7-18(8-10-19)14-5-3-2-4-12(14)16/h2-5,13H,6-11,17H2,1H3/t13-/m1/s1. The van der Waals surface area contributed by atoms with E-state index in [-0.39, 0.29) is 11.9 Å². The molecule has 1 saturated heterocycles. The predicted octanol–water partition coefficient (Wildman–Crippen LogP) is 2.07. The lowest BCUT2D eigenvalue weighted by molar-refractivity contribution is -0.132. The molecule has 1 atom stereocenters. The Hall–Kier alpha value is -0.910. The van der Waals surface area contributed by atoms with Crippen LogP contribution < -0.4 is 10.6 Å². The number of anilines is 1. The minimum absolute atomic E-state index is 0.0721. The Morgan fingerprint density at radius 3 is 2.62 bits per heavy atom. The number of thioether (sulfide) groups is 1. The Balaban J connectivity index is 1.88. The Bertz CT molecular complexity index is 478. The Morgan fingerprint density at radius 1 is 1.33 bits per heavy atom. The van der Waals surface area contributed by atoms with Gasteiger partial charge in [0.25, 0.3) is 0 Å². The van der Waals surface area contributed by atoms with Gasteiger partial charge in [0.15, 0.2) is 0 Å². The van der Waals surface area contributed by atoms with Gasteiger partial charge in [0.05, 0.1) is 16.8 Å². The largest absolute Gasteiger partial charge is 0.367 e. The van der Waals surface area contributed by atoms with E-state index in [1.54, 1.807) is 11.8 Å². The van der Waals surface area contributed by atoms with E-state index in [2.05, 4.69) is 4.90 Å². The van der Waals surface area contributed by atoms with Gasteiger partial charge in [-0.15, -0.1) is 0 Å². The first-order chi connectivity index (χ1) is 10.1. The number of carbonyl (C=O) groups is 1. The van der Waals surface area contributed by atoms with E-state index in [4.69, 9.17) is 17.3 Å². The quantitative estimate of drug-likeness (QED) is 0.899. The highest BCUT2D eigenvalue weighted by atomic mass is 35.5. The Kier molecular flexibility index (Phi) is 6.21. The molecule has 2 N–H and O–H groups in total. The summed E-state index contributed by atoms with van der Waals surface area (Å²) in [4.78, 5) is 16.4. The van der Waals surface area contributed by atoms with Crippen molar-refractivity contribution in [3.05, 3.63) is 29.3 Å². The minimum atomic E-state index is -0.371. The first-order valence-electron chi connectivity index (χ1n) is 7.16. The molecule has 1 amide bonds. The Labute approximate surface area is 135 Å². The minimum Gasteiger partial charge on any atom is -0.367 e. The van der Waals surface area contributed by atoms with Crippen LogP contribution in [0.5, 0.6) is 0 Å². The maximum Gasteiger partial charge on any atom is 0.239 e. The highest BCUT2D eigenvalue weighted by molar-refractivity contribution is 7.98. The second-order valence-electron chi connectivity index (χ2n) is 5.15. The van der Waals surface area contributed by atoms with Crippen molar-refractivity contribution in [3.63, 3.8) is 0 Å². The smallest absolute Gasteiger partial charge is 0.239 e. The summed E-state index contributed by atoms with van der Waals surface area (Å²) in [6.07, 6.45) is 2.77. The second kappa shape index (κ2) is 7.92. The summed E-state index contributed by atoms with van der Waals surface area (Å²) in [6, 6.07) is 7.45. The SMILES string of the molecule is CSCC[C@@H](N)C(=O)N1CCN(c2ccccc2Cl)CC1. The zero-order chi connectivity index (χ0) is 15.2. The van der Waals surface area contributed by atoms with E-state index < -0.39 is 0 Å². The fourth-order valence-electron chi connectivity index (χ4n) is 2.48. The van der Waals surface area contributed by atoms with Gasteiger partial charge >= 0.3 is 0 Å². The number of rotatable bonds is 5. The van der Waals surface area contributed by atoms with E-state index in [0.717, 1.165) is 36.0 Å². The van der Waals surface area contributed by atoms with E-state index in [1.165, 1.54) is 0 Å². The number of hydrogen-bond donors (Lipinski definition) is 1. The average molecular weight is 328 g/mol. The molecule has 0 aromatic heterocycles. The van der Waals surface area contributed by atoms with Gasteiger partial charge in [-0.2, -0.15) is 11.8 Å². The third kappa shape index (κ3) is 4.28. The van der Waals surface area contributed by atoms with Gasteiger partial charge in [-0.05, 0) is 30.6 Å². The number of carbonyl (C=O) groups excluding carboxylic acids is 1. The highest BCUT2D eigenvalue weighted by Crippen LogP contribution is 2.26. The van der Waals surface area contributed by atoms with Crippen molar-refractivity contribution in [2.45, 2.75) is 12.5 Å². The topological polar surface area (TPSA) is 49.6 Å². The molecule has 0 unspecified atom stereocenters. The van der Waals surface area contributed by atoms with E-state index in [0.29, 0.717) is 13.1 Å². The van der Waals surface area contributed by atoms with Gasteiger partial charge in [-0.3, -0.25) is 4.79 Å². The molecule has 0 bridgehead atoms. The van der Waals surface area contributed by atoms with Crippen LogP contribution >= 0.6 is 23.4 Å². The molecule has 2 rings (SSSR count). The van der Waals surface area contributed by atoms with Crippen molar-refractivity contribution in [2.75, 3.05) is 43.1 Å². The van der Waals surface area contributed by atoms with Crippen LogP contribution in [0.3, 0.4) is 0 Å². The summed E-state index contributed by atoms with van der Waals surface area (Å²) in [5.74, 6) is 0.995. The van der Waals surface area contributed by atoms with Crippen LogP contribution in [0.2, 0.25) is 5.02 Å². The van der Waals surface area contributed by atoms with Gasteiger partial charge in [-0.1, -0.05) is 23.7 Å². The van der Waals surface area contributed by atoms with Crippen molar-refractivity contribution in [1.29, 1.82) is 0 Å². The Morgan fingerprint density at radius 2 is 2.00 bits per heavy atom. The van der Waals surface area contributed by atoms with Crippen molar-refractivity contribution < 1.29 is 4.79 Å². The molecule has 1 aliphatic heterocycles. The van der Waals surface area contributed by atoms with Gasteiger partial charge in [0, 0.05) is 26.2 Å². The number of piperazine rings is 1. The fourth-order valence-corrected chi connectivity index (χ4v) is 3.22. The van der Waals surface area contributed by atoms with Crippen LogP contribution in [-0.4, -0.2) is 55.0 Å². The number of nitrogens with two attached hydrogens (primary N) is 1. The molecule has 0 spiro atoms. The predicted molar refractivity (Wildman–Crippen MR) is 91.2 cm³/mol. The molecule has 0 aliphatic carbocycles. The maximum atomic E-state index is 12.3. The van der Waals surface area contributed by atoms with E-state index in [9.17, 15) is 4.79 Å². The van der Waals surface area contributed by atoms with Crippen LogP contribution in [0.25, 0.3) is 0 Å². The molecule has 0 radical (unpaired) electrons. The summed E-state index contributed by atoms with van der Waals surface area (Å²) in [5.41, 5.74) is 7.00. The molecule has 4 nitrogen and oxygen atoms in total. The van der Waals surface area contributed by atoms with Crippen molar-refractivity contribution in [3.8, 4) is 0 Å². The summed E-state index contributed by atoms with van der Waals surface area (Å²) in [6.45, 7) is 3.00. The van der Waals surface area contributed by atoms with Gasteiger partial charge < -0.3 is 15.5 Å². The third-order valence-electron chi connectivity index (χ3n) is 3.73. The van der Waals surface area contributed by atoms with Crippen molar-refractivity contribution in [2.24, 2.45) is 5.73 Å². The lowest BCUT2D eigenvalue weighted by Crippen LogP contribution is -2.53. The van der Waals surface area contributed by atoms with Crippen LogP contribution in [-0.2, 0) is 4.79 Å². The van der Waals surface area contributed by atoms with Crippen LogP contribution in [0.1, 0.15) is 6.42 Å². The summed E-state index contributed by atoms with van der Waals surface area (Å²) >= 11 is 7.94. The second-order valence-corrected chi connectivity index (χ2v) is 6.54. The van der Waals surface area contributed by atoms with Crippen LogP contribution in [0, 0.1) is 0 Å². The third-order valence-corrected chi connectivity index (χ3v) is 4.70. The molecular weight excluding hydrogens is 306 g/mol. The summed E-state index contributed by atoms with van der Waals surface area (Å²) in [7, 11) is 0. The number of hydrogen-bond acceptors (Lipinski definition) is 4. The molecule has 21 heavy (non-hydrogen) atoms. The molecule has 1 aromatic carbocycles. The molecule has 1 aromatic rings. The van der Waals surface area contributed by atoms with Crippen molar-refractivity contribution >= 4 is 35.0 Å². The van der Waals surface area contributed by atoms with Crippen LogP contribution in [0.4, 0.5) is 5.69 Å². The molecule has 0 saturated carbocycles. The maximum absolute atomic E-state index is 12.3. The summed E-state index contributed by atoms with van der Waals surface area (Å²) in [5, 5.41) is 0.758. The lowest BCUT2D eigenvalue weighted by Gasteiger charge is -2.37. The zero-order valence-corrected chi connectivity index (χ0v) is 13.9. The lowest BCUT2D eigenvalue weighted by atomic mass is 10.2. The first-order valence-corrected chi connectivity index (χ1v) is 8.93. The molecular formula is C15H22ClN3OS. The van der Waals surface area contributed by atoms with Crippen molar-refractivity contribution in [1.82, 2.24) is 4.90 Å². The number of benzene rings is 1. The first kappa shape index (κ1) is 16.5. The monoisotopic (exact) mass is 327 g/mol. The van der Waals surface area contributed by atoms with Gasteiger partial charge in [-0.25, -0.2) is 0 Å². The van der Waals surface area contributed by atoms with Gasteiger partial charge in [0.2, 0.25) is 5.91 Å². The van der Waals surface area contributed by atoms with Gasteiger partial charge in [0.1, 0.15) is 0 Å². The molecule has 116 valence electrons. The number of para-hydroxylation sites is 1. The molecule has 1 fully saturated rings. The number of halogens is 1. The molecule has 1 heterocycles. The van der Waals surface area contributed by atoms with E-state index >= 15 is 0 Å². The zero-order valence-electron chi connectivity index (χ0n) is 12.3. The summed E-state index contributed by atoms with van der Waals surface area (Å²) < 4.78 is 0. The normalized spacial score (nSPS) is 16.9. The number of amides is 1. The van der Waals surface area contributed by atoms with Crippen LogP contribution in [0.15, 0.2) is 24.3 Å². The highest BCUT2D eigenvalue weighted by Gasteiger charge is 2.25.